The third-order valence-corrected chi connectivity index (χ3v) is 6.92. The molecule has 5 aromatic rings. The van der Waals surface area contributed by atoms with Crippen molar-refractivity contribution in [1.29, 1.82) is 0 Å². The zero-order valence-corrected chi connectivity index (χ0v) is 22.3. The van der Waals surface area contributed by atoms with Gasteiger partial charge < -0.3 is 5.32 Å². The van der Waals surface area contributed by atoms with E-state index >= 15 is 0 Å². The van der Waals surface area contributed by atoms with Crippen molar-refractivity contribution in [2.75, 3.05) is 5.32 Å². The summed E-state index contributed by atoms with van der Waals surface area (Å²) < 4.78 is 1.70. The summed E-state index contributed by atoms with van der Waals surface area (Å²) in [5.41, 5.74) is 4.11. The molecule has 0 atom stereocenters. The first kappa shape index (κ1) is 25.7. The average molecular weight is 542 g/mol. The Bertz CT molecular complexity index is 1690. The number of benzene rings is 4. The molecule has 5 rings (SSSR count). The maximum atomic E-state index is 13.9. The van der Waals surface area contributed by atoms with Crippen LogP contribution in [0, 0.1) is 0 Å². The van der Waals surface area contributed by atoms with Crippen molar-refractivity contribution in [1.82, 2.24) is 9.55 Å². The lowest BCUT2D eigenvalue weighted by Crippen LogP contribution is -2.27. The monoisotopic (exact) mass is 541 g/mol. The lowest BCUT2D eigenvalue weighted by atomic mass is 10.0. The number of carbonyl (C=O) groups is 1. The summed E-state index contributed by atoms with van der Waals surface area (Å²) in [6.45, 7) is 2.42. The number of hydrogen-bond donors (Lipinski definition) is 1. The van der Waals surface area contributed by atoms with Crippen molar-refractivity contribution >= 4 is 45.7 Å². The van der Waals surface area contributed by atoms with E-state index in [1.165, 1.54) is 0 Å². The summed E-state index contributed by atoms with van der Waals surface area (Å²) >= 11 is 12.4. The molecule has 4 aromatic carbocycles. The van der Waals surface area contributed by atoms with Gasteiger partial charge in [-0.15, -0.1) is 0 Å². The molecule has 0 saturated carbocycles. The standard InChI is InChI=1S/C31H25Cl2N3O2/c1-2-7-28-34-26-12-6-13-27(35-30(37)24-10-3-4-11-25(24)33)29(26)31(38)36(28)19-20-14-16-21(17-15-20)22-8-5-9-23(32)18-22/h3-6,8-18H,2,7,19H2,1H3,(H,35,37). The number of amides is 1. The Morgan fingerprint density at radius 2 is 1.66 bits per heavy atom. The van der Waals surface area contributed by atoms with E-state index in [4.69, 9.17) is 28.2 Å². The van der Waals surface area contributed by atoms with Gasteiger partial charge in [-0.3, -0.25) is 14.2 Å². The number of halogens is 2. The first-order chi connectivity index (χ1) is 18.4. The third-order valence-electron chi connectivity index (χ3n) is 6.36. The van der Waals surface area contributed by atoms with Gasteiger partial charge in [-0.2, -0.15) is 0 Å². The Balaban J connectivity index is 1.53. The van der Waals surface area contributed by atoms with Crippen molar-refractivity contribution in [3.8, 4) is 11.1 Å². The Morgan fingerprint density at radius 1 is 0.895 bits per heavy atom. The quantitative estimate of drug-likeness (QED) is 0.230. The highest BCUT2D eigenvalue weighted by molar-refractivity contribution is 6.34. The summed E-state index contributed by atoms with van der Waals surface area (Å²) in [4.78, 5) is 31.7. The summed E-state index contributed by atoms with van der Waals surface area (Å²) in [7, 11) is 0. The van der Waals surface area contributed by atoms with Crippen LogP contribution in [0.3, 0.4) is 0 Å². The number of aromatic nitrogens is 2. The van der Waals surface area contributed by atoms with Crippen molar-refractivity contribution in [3.05, 3.63) is 128 Å². The Kier molecular flexibility index (Phi) is 7.59. The normalized spacial score (nSPS) is 11.0. The first-order valence-corrected chi connectivity index (χ1v) is 13.1. The van der Waals surface area contributed by atoms with Crippen LogP contribution in [0.5, 0.6) is 0 Å². The van der Waals surface area contributed by atoms with E-state index in [9.17, 15) is 9.59 Å². The van der Waals surface area contributed by atoms with Gasteiger partial charge in [0.15, 0.2) is 0 Å². The molecular formula is C31H25Cl2N3O2. The highest BCUT2D eigenvalue weighted by Gasteiger charge is 2.17. The van der Waals surface area contributed by atoms with Crippen molar-refractivity contribution in [2.24, 2.45) is 0 Å². The molecule has 1 N–H and O–H groups in total. The molecule has 0 radical (unpaired) electrons. The van der Waals surface area contributed by atoms with Crippen LogP contribution < -0.4 is 10.9 Å². The maximum absolute atomic E-state index is 13.9. The van der Waals surface area contributed by atoms with Crippen LogP contribution >= 0.6 is 23.2 Å². The Labute approximate surface area is 230 Å². The minimum absolute atomic E-state index is 0.201. The summed E-state index contributed by atoms with van der Waals surface area (Å²) in [5, 5.41) is 4.25. The van der Waals surface area contributed by atoms with Crippen LogP contribution in [-0.2, 0) is 13.0 Å². The first-order valence-electron chi connectivity index (χ1n) is 12.4. The van der Waals surface area contributed by atoms with Crippen molar-refractivity contribution in [3.63, 3.8) is 0 Å². The minimum atomic E-state index is -0.386. The van der Waals surface area contributed by atoms with Gasteiger partial charge >= 0.3 is 0 Å². The number of nitrogens with zero attached hydrogens (tertiary/aromatic N) is 2. The smallest absolute Gasteiger partial charge is 0.263 e. The molecule has 7 heteroatoms. The Hall–Kier alpha value is -3.93. The molecular weight excluding hydrogens is 517 g/mol. The van der Waals surface area contributed by atoms with Gasteiger partial charge in [-0.05, 0) is 59.5 Å². The molecule has 0 saturated heterocycles. The van der Waals surface area contributed by atoms with Gasteiger partial charge in [-0.1, -0.05) is 84.7 Å². The average Bonchev–Trinajstić information content (AvgIpc) is 2.91. The van der Waals surface area contributed by atoms with Crippen molar-refractivity contribution < 1.29 is 4.79 Å². The van der Waals surface area contributed by atoms with Gasteiger partial charge in [0.05, 0.1) is 33.7 Å². The molecule has 38 heavy (non-hydrogen) atoms. The second-order valence-electron chi connectivity index (χ2n) is 9.01. The van der Waals surface area contributed by atoms with E-state index in [0.29, 0.717) is 51.0 Å². The predicted molar refractivity (Wildman–Crippen MR) is 155 cm³/mol. The van der Waals surface area contributed by atoms with E-state index in [2.05, 4.69) is 12.2 Å². The summed E-state index contributed by atoms with van der Waals surface area (Å²) in [6, 6.07) is 27.9. The second-order valence-corrected chi connectivity index (χ2v) is 9.85. The topological polar surface area (TPSA) is 64.0 Å². The van der Waals surface area contributed by atoms with Crippen LogP contribution in [0.25, 0.3) is 22.0 Å². The lowest BCUT2D eigenvalue weighted by molar-refractivity contribution is 0.102. The van der Waals surface area contributed by atoms with Crippen LogP contribution in [0.2, 0.25) is 10.0 Å². The fourth-order valence-electron chi connectivity index (χ4n) is 4.48. The molecule has 0 bridgehead atoms. The highest BCUT2D eigenvalue weighted by atomic mass is 35.5. The molecule has 0 spiro atoms. The molecule has 190 valence electrons. The van der Waals surface area contributed by atoms with Crippen LogP contribution in [0.1, 0.15) is 35.1 Å². The molecule has 1 amide bonds. The molecule has 0 aliphatic heterocycles. The zero-order valence-electron chi connectivity index (χ0n) is 20.7. The number of nitrogens with one attached hydrogen (secondary N) is 1. The van der Waals surface area contributed by atoms with Crippen LogP contribution in [0.15, 0.2) is 95.8 Å². The third kappa shape index (κ3) is 5.35. The molecule has 0 unspecified atom stereocenters. The van der Waals surface area contributed by atoms with Gasteiger partial charge in [0.1, 0.15) is 5.82 Å². The van der Waals surface area contributed by atoms with Gasteiger partial charge in [0.2, 0.25) is 0 Å². The number of aryl methyl sites for hydroxylation is 1. The van der Waals surface area contributed by atoms with E-state index < -0.39 is 0 Å². The molecule has 0 aliphatic carbocycles. The molecule has 1 heterocycles. The number of fused-ring (bicyclic) bond motifs is 1. The van der Waals surface area contributed by atoms with E-state index in [1.807, 2.05) is 48.5 Å². The van der Waals surface area contributed by atoms with E-state index in [1.54, 1.807) is 47.0 Å². The van der Waals surface area contributed by atoms with Crippen LogP contribution in [-0.4, -0.2) is 15.5 Å². The minimum Gasteiger partial charge on any atom is -0.321 e. The number of hydrogen-bond acceptors (Lipinski definition) is 3. The summed E-state index contributed by atoms with van der Waals surface area (Å²) in [5.74, 6) is 0.321. The predicted octanol–water partition coefficient (Wildman–Crippen LogP) is 7.62. The van der Waals surface area contributed by atoms with Crippen molar-refractivity contribution in [2.45, 2.75) is 26.3 Å². The van der Waals surface area contributed by atoms with Gasteiger partial charge in [0, 0.05) is 11.4 Å². The fourth-order valence-corrected chi connectivity index (χ4v) is 4.89. The number of rotatable bonds is 7. The van der Waals surface area contributed by atoms with E-state index in [0.717, 1.165) is 23.1 Å². The molecule has 0 fully saturated rings. The molecule has 0 aliphatic rings. The highest BCUT2D eigenvalue weighted by Crippen LogP contribution is 2.25. The maximum Gasteiger partial charge on any atom is 0.263 e. The van der Waals surface area contributed by atoms with E-state index in [-0.39, 0.29) is 11.5 Å². The zero-order chi connectivity index (χ0) is 26.6. The summed E-state index contributed by atoms with van der Waals surface area (Å²) in [6.07, 6.45) is 1.50. The van der Waals surface area contributed by atoms with Gasteiger partial charge in [0.25, 0.3) is 11.5 Å². The Morgan fingerprint density at radius 3 is 2.39 bits per heavy atom. The lowest BCUT2D eigenvalue weighted by Gasteiger charge is -2.16. The fraction of sp³-hybridized carbons (Fsp3) is 0.129. The van der Waals surface area contributed by atoms with Crippen LogP contribution in [0.4, 0.5) is 5.69 Å². The number of carbonyl (C=O) groups excluding carboxylic acids is 1. The second kappa shape index (κ2) is 11.2. The number of anilines is 1. The molecule has 1 aromatic heterocycles. The largest absolute Gasteiger partial charge is 0.321 e. The molecule has 5 nitrogen and oxygen atoms in total. The SMILES string of the molecule is CCCc1nc2cccc(NC(=O)c3ccccc3Cl)c2c(=O)n1Cc1ccc(-c2cccc(Cl)c2)cc1. The van der Waals surface area contributed by atoms with Gasteiger partial charge in [-0.25, -0.2) is 4.98 Å².